The van der Waals surface area contributed by atoms with Crippen LogP contribution in [0.3, 0.4) is 0 Å². The molecule has 4 nitrogen and oxygen atoms in total. The molecule has 5 heteroatoms. The Kier molecular flexibility index (Phi) is 4.30. The van der Waals surface area contributed by atoms with Crippen molar-refractivity contribution >= 4 is 28.1 Å². The summed E-state index contributed by atoms with van der Waals surface area (Å²) in [6, 6.07) is 9.84. The monoisotopic (exact) mass is 274 g/mol. The second kappa shape index (κ2) is 6.15. The fraction of sp³-hybridized carbons (Fsp3) is 0.143. The van der Waals surface area contributed by atoms with Crippen molar-refractivity contribution in [3.8, 4) is 0 Å². The minimum atomic E-state index is -0.869. The number of benzene rings is 1. The third kappa shape index (κ3) is 3.42. The van der Waals surface area contributed by atoms with Crippen molar-refractivity contribution in [2.45, 2.75) is 6.42 Å². The molecule has 1 aromatic carbocycles. The van der Waals surface area contributed by atoms with Crippen LogP contribution in [0.25, 0.3) is 0 Å². The number of aliphatic carboxylic acids is 1. The van der Waals surface area contributed by atoms with Crippen molar-refractivity contribution < 1.29 is 9.90 Å². The SMILES string of the molecule is C=CCN(c1ccccc1)c1nc(CC(=O)O)cs1. The van der Waals surface area contributed by atoms with Gasteiger partial charge in [0.05, 0.1) is 12.1 Å². The van der Waals surface area contributed by atoms with E-state index in [0.29, 0.717) is 12.2 Å². The molecule has 2 rings (SSSR count). The van der Waals surface area contributed by atoms with Crippen LogP contribution in [0.2, 0.25) is 0 Å². The average molecular weight is 274 g/mol. The van der Waals surface area contributed by atoms with Crippen molar-refractivity contribution in [2.24, 2.45) is 0 Å². The van der Waals surface area contributed by atoms with Gasteiger partial charge >= 0.3 is 5.97 Å². The van der Waals surface area contributed by atoms with Crippen LogP contribution in [-0.4, -0.2) is 22.6 Å². The van der Waals surface area contributed by atoms with Crippen LogP contribution in [-0.2, 0) is 11.2 Å². The van der Waals surface area contributed by atoms with E-state index in [1.54, 1.807) is 11.5 Å². The van der Waals surface area contributed by atoms with E-state index in [-0.39, 0.29) is 6.42 Å². The number of carbonyl (C=O) groups is 1. The standard InChI is InChI=1S/C14H14N2O2S/c1-2-8-16(12-6-4-3-5-7-12)14-15-11(10-19-14)9-13(17)18/h2-7,10H,1,8-9H2,(H,17,18). The first-order valence-corrected chi connectivity index (χ1v) is 6.68. The summed E-state index contributed by atoms with van der Waals surface area (Å²) in [4.78, 5) is 17.0. The quantitative estimate of drug-likeness (QED) is 0.822. The molecule has 0 fully saturated rings. The van der Waals surface area contributed by atoms with Gasteiger partial charge in [0.2, 0.25) is 0 Å². The molecule has 0 bridgehead atoms. The van der Waals surface area contributed by atoms with Crippen LogP contribution < -0.4 is 4.90 Å². The molecular formula is C14H14N2O2S. The molecule has 0 aliphatic heterocycles. The number of nitrogens with zero attached hydrogens (tertiary/aromatic N) is 2. The van der Waals surface area contributed by atoms with E-state index in [1.807, 2.05) is 35.2 Å². The maximum absolute atomic E-state index is 10.7. The van der Waals surface area contributed by atoms with Crippen molar-refractivity contribution in [2.75, 3.05) is 11.4 Å². The molecule has 1 aromatic heterocycles. The molecule has 0 unspecified atom stereocenters. The zero-order chi connectivity index (χ0) is 13.7. The summed E-state index contributed by atoms with van der Waals surface area (Å²) in [6.45, 7) is 4.38. The highest BCUT2D eigenvalue weighted by molar-refractivity contribution is 7.13. The summed E-state index contributed by atoms with van der Waals surface area (Å²) in [6.07, 6.45) is 1.75. The number of rotatable bonds is 6. The van der Waals surface area contributed by atoms with E-state index in [4.69, 9.17) is 5.11 Å². The second-order valence-electron chi connectivity index (χ2n) is 3.93. The lowest BCUT2D eigenvalue weighted by molar-refractivity contribution is -0.136. The molecule has 19 heavy (non-hydrogen) atoms. The molecule has 98 valence electrons. The molecule has 0 aliphatic rings. The van der Waals surface area contributed by atoms with Crippen LogP contribution in [0, 0.1) is 0 Å². The van der Waals surface area contributed by atoms with Crippen LogP contribution in [0.5, 0.6) is 0 Å². The number of para-hydroxylation sites is 1. The fourth-order valence-corrected chi connectivity index (χ4v) is 2.54. The Hall–Kier alpha value is -2.14. The van der Waals surface area contributed by atoms with Crippen molar-refractivity contribution in [1.82, 2.24) is 4.98 Å². The lowest BCUT2D eigenvalue weighted by Crippen LogP contribution is -2.16. The van der Waals surface area contributed by atoms with Crippen LogP contribution in [0.15, 0.2) is 48.4 Å². The predicted molar refractivity (Wildman–Crippen MR) is 77.1 cm³/mol. The maximum Gasteiger partial charge on any atom is 0.309 e. The Balaban J connectivity index is 2.26. The lowest BCUT2D eigenvalue weighted by Gasteiger charge is -2.19. The van der Waals surface area contributed by atoms with E-state index in [9.17, 15) is 4.79 Å². The van der Waals surface area contributed by atoms with Gasteiger partial charge in [-0.05, 0) is 12.1 Å². The van der Waals surface area contributed by atoms with E-state index in [1.165, 1.54) is 11.3 Å². The number of anilines is 2. The third-order valence-electron chi connectivity index (χ3n) is 2.48. The number of hydrogen-bond donors (Lipinski definition) is 1. The zero-order valence-corrected chi connectivity index (χ0v) is 11.1. The molecule has 0 amide bonds. The Morgan fingerprint density at radius 3 is 2.79 bits per heavy atom. The van der Waals surface area contributed by atoms with Crippen LogP contribution in [0.1, 0.15) is 5.69 Å². The lowest BCUT2D eigenvalue weighted by atomic mass is 10.3. The van der Waals surface area contributed by atoms with Crippen LogP contribution >= 0.6 is 11.3 Å². The Morgan fingerprint density at radius 2 is 2.16 bits per heavy atom. The fourth-order valence-electron chi connectivity index (χ4n) is 1.69. The predicted octanol–water partition coefficient (Wildman–Crippen LogP) is 3.09. The zero-order valence-electron chi connectivity index (χ0n) is 10.3. The first-order valence-electron chi connectivity index (χ1n) is 5.80. The molecule has 1 N–H and O–H groups in total. The van der Waals surface area contributed by atoms with Gasteiger partial charge in [-0.3, -0.25) is 4.79 Å². The van der Waals surface area contributed by atoms with Crippen molar-refractivity contribution in [3.63, 3.8) is 0 Å². The first kappa shape index (κ1) is 13.3. The minimum absolute atomic E-state index is 0.0484. The molecule has 0 aliphatic carbocycles. The second-order valence-corrected chi connectivity index (χ2v) is 4.76. The molecular weight excluding hydrogens is 260 g/mol. The Labute approximate surface area is 115 Å². The van der Waals surface area contributed by atoms with Gasteiger partial charge in [0.15, 0.2) is 5.13 Å². The van der Waals surface area contributed by atoms with E-state index < -0.39 is 5.97 Å². The highest BCUT2D eigenvalue weighted by atomic mass is 32.1. The summed E-state index contributed by atoms with van der Waals surface area (Å²) in [5, 5.41) is 11.3. The normalized spacial score (nSPS) is 10.1. The van der Waals surface area contributed by atoms with Crippen molar-refractivity contribution in [3.05, 3.63) is 54.1 Å². The molecule has 0 saturated heterocycles. The smallest absolute Gasteiger partial charge is 0.309 e. The summed E-state index contributed by atoms with van der Waals surface area (Å²) in [5.41, 5.74) is 1.59. The first-order chi connectivity index (χ1) is 9.20. The third-order valence-corrected chi connectivity index (χ3v) is 3.39. The Morgan fingerprint density at radius 1 is 1.42 bits per heavy atom. The summed E-state index contributed by atoms with van der Waals surface area (Å²) in [5.74, 6) is -0.869. The average Bonchev–Trinajstić information content (AvgIpc) is 2.84. The van der Waals surface area contributed by atoms with Gasteiger partial charge < -0.3 is 10.0 Å². The summed E-state index contributed by atoms with van der Waals surface area (Å²) in [7, 11) is 0. The minimum Gasteiger partial charge on any atom is -0.481 e. The molecule has 0 radical (unpaired) electrons. The Bertz CT molecular complexity index is 566. The van der Waals surface area contributed by atoms with E-state index in [0.717, 1.165) is 10.8 Å². The number of thiazole rings is 1. The molecule has 1 heterocycles. The van der Waals surface area contributed by atoms with Gasteiger partial charge in [-0.2, -0.15) is 0 Å². The molecule has 0 saturated carbocycles. The largest absolute Gasteiger partial charge is 0.481 e. The van der Waals surface area contributed by atoms with Gasteiger partial charge in [0.1, 0.15) is 0 Å². The topological polar surface area (TPSA) is 53.4 Å². The van der Waals surface area contributed by atoms with E-state index in [2.05, 4.69) is 11.6 Å². The highest BCUT2D eigenvalue weighted by Crippen LogP contribution is 2.28. The molecule has 0 atom stereocenters. The van der Waals surface area contributed by atoms with Gasteiger partial charge in [-0.1, -0.05) is 24.3 Å². The number of carboxylic acid groups (broad SMARTS) is 1. The van der Waals surface area contributed by atoms with Gasteiger partial charge in [-0.15, -0.1) is 17.9 Å². The maximum atomic E-state index is 10.7. The van der Waals surface area contributed by atoms with E-state index >= 15 is 0 Å². The summed E-state index contributed by atoms with van der Waals surface area (Å²) >= 11 is 1.44. The molecule has 2 aromatic rings. The molecule has 0 spiro atoms. The van der Waals surface area contributed by atoms with Gasteiger partial charge in [-0.25, -0.2) is 4.98 Å². The highest BCUT2D eigenvalue weighted by Gasteiger charge is 2.13. The van der Waals surface area contributed by atoms with Crippen LogP contribution in [0.4, 0.5) is 10.8 Å². The number of hydrogen-bond acceptors (Lipinski definition) is 4. The number of aromatic nitrogens is 1. The summed E-state index contributed by atoms with van der Waals surface area (Å²) < 4.78 is 0. The number of carboxylic acids is 1. The van der Waals surface area contributed by atoms with Gasteiger partial charge in [0, 0.05) is 17.6 Å². The van der Waals surface area contributed by atoms with Gasteiger partial charge in [0.25, 0.3) is 0 Å². The van der Waals surface area contributed by atoms with Crippen molar-refractivity contribution in [1.29, 1.82) is 0 Å².